The zero-order valence-corrected chi connectivity index (χ0v) is 21.7. The Hall–Kier alpha value is -2.76. The van der Waals surface area contributed by atoms with E-state index in [4.69, 9.17) is 14.6 Å². The van der Waals surface area contributed by atoms with Gasteiger partial charge in [-0.05, 0) is 24.6 Å². The van der Waals surface area contributed by atoms with Crippen LogP contribution in [0.5, 0.6) is 0 Å². The second kappa shape index (κ2) is 10.1. The van der Waals surface area contributed by atoms with Gasteiger partial charge < -0.3 is 24.4 Å². The number of fused-ring (bicyclic) bond motifs is 1. The van der Waals surface area contributed by atoms with E-state index in [9.17, 15) is 9.59 Å². The molecule has 2 aliphatic heterocycles. The van der Waals surface area contributed by atoms with Crippen LogP contribution in [0.1, 0.15) is 17.5 Å². The zero-order valence-electron chi connectivity index (χ0n) is 20.7. The molecule has 9 nitrogen and oxygen atoms in total. The lowest BCUT2D eigenvalue weighted by atomic mass is 9.96. The average Bonchev–Trinajstić information content (AvgIpc) is 3.15. The molecule has 2 aromatic rings. The molecule has 1 fully saturated rings. The summed E-state index contributed by atoms with van der Waals surface area (Å²) in [7, 11) is 0.436. The molecule has 4 rings (SSSR count). The molecular formula is C24H33FN4O5Si. The standard InChI is InChI=1S/C24H33FN4O5Si/c1-27-20-7-5-19(22(25)18(20)6-8-21(27)30)23-16(14-34-17-12-28(13-17)24(31)32)11-29(26-23)15-33-9-10-35(2,3)4/h5,7,11,17H,6,8-10,12-15H2,1-4H3,(H,31,32). The maximum Gasteiger partial charge on any atom is 0.407 e. The lowest BCUT2D eigenvalue weighted by molar-refractivity contribution is -0.118. The van der Waals surface area contributed by atoms with Crippen LogP contribution in [-0.4, -0.2) is 72.7 Å². The average molecular weight is 505 g/mol. The minimum atomic E-state index is -1.22. The van der Waals surface area contributed by atoms with E-state index in [1.807, 2.05) is 0 Å². The van der Waals surface area contributed by atoms with Gasteiger partial charge >= 0.3 is 6.09 Å². The molecule has 0 spiro atoms. The Kier molecular flexibility index (Phi) is 7.29. The Bertz CT molecular complexity index is 1110. The van der Waals surface area contributed by atoms with Crippen LogP contribution < -0.4 is 4.90 Å². The number of ether oxygens (including phenoxy) is 2. The van der Waals surface area contributed by atoms with Gasteiger partial charge in [-0.1, -0.05) is 19.6 Å². The number of carbonyl (C=O) groups is 2. The molecule has 0 atom stereocenters. The third-order valence-electron chi connectivity index (χ3n) is 6.45. The largest absolute Gasteiger partial charge is 0.465 e. The van der Waals surface area contributed by atoms with Crippen molar-refractivity contribution >= 4 is 25.8 Å². The van der Waals surface area contributed by atoms with Crippen LogP contribution in [0, 0.1) is 5.82 Å². The third kappa shape index (κ3) is 5.73. The second-order valence-electron chi connectivity index (χ2n) is 10.4. The van der Waals surface area contributed by atoms with Gasteiger partial charge in [0.05, 0.1) is 25.8 Å². The molecular weight excluding hydrogens is 471 g/mol. The minimum Gasteiger partial charge on any atom is -0.465 e. The maximum atomic E-state index is 15.7. The summed E-state index contributed by atoms with van der Waals surface area (Å²) in [5.41, 5.74) is 2.61. The molecule has 190 valence electrons. The highest BCUT2D eigenvalue weighted by Crippen LogP contribution is 2.36. The van der Waals surface area contributed by atoms with Crippen LogP contribution in [-0.2, 0) is 34.0 Å². The summed E-state index contributed by atoms with van der Waals surface area (Å²) in [6, 6.07) is 4.45. The normalized spacial score (nSPS) is 16.4. The van der Waals surface area contributed by atoms with Crippen molar-refractivity contribution < 1.29 is 28.6 Å². The summed E-state index contributed by atoms with van der Waals surface area (Å²) in [6.45, 7) is 8.54. The summed E-state index contributed by atoms with van der Waals surface area (Å²) in [6.07, 6.45) is 1.24. The predicted octanol–water partition coefficient (Wildman–Crippen LogP) is 3.79. The van der Waals surface area contributed by atoms with Gasteiger partial charge in [-0.2, -0.15) is 5.10 Å². The van der Waals surface area contributed by atoms with Gasteiger partial charge in [-0.3, -0.25) is 4.79 Å². The number of amides is 2. The van der Waals surface area contributed by atoms with Crippen LogP contribution in [0.4, 0.5) is 14.9 Å². The molecule has 0 saturated carbocycles. The number of nitrogens with zero attached hydrogens (tertiary/aromatic N) is 4. The van der Waals surface area contributed by atoms with Crippen molar-refractivity contribution in [3.05, 3.63) is 35.3 Å². The molecule has 1 aromatic carbocycles. The molecule has 2 aliphatic rings. The monoisotopic (exact) mass is 504 g/mol. The van der Waals surface area contributed by atoms with Crippen molar-refractivity contribution in [2.24, 2.45) is 0 Å². The first-order valence-electron chi connectivity index (χ1n) is 11.9. The second-order valence-corrected chi connectivity index (χ2v) is 16.0. The van der Waals surface area contributed by atoms with Crippen molar-refractivity contribution in [2.75, 3.05) is 31.6 Å². The topological polar surface area (TPSA) is 97.1 Å². The Morgan fingerprint density at radius 3 is 2.69 bits per heavy atom. The fourth-order valence-electron chi connectivity index (χ4n) is 4.18. The number of aromatic nitrogens is 2. The predicted molar refractivity (Wildman–Crippen MR) is 132 cm³/mol. The molecule has 0 bridgehead atoms. The number of hydrogen-bond donors (Lipinski definition) is 1. The van der Waals surface area contributed by atoms with E-state index >= 15 is 4.39 Å². The van der Waals surface area contributed by atoms with Crippen LogP contribution >= 0.6 is 0 Å². The van der Waals surface area contributed by atoms with E-state index in [0.29, 0.717) is 54.2 Å². The van der Waals surface area contributed by atoms with Crippen molar-refractivity contribution in [3.63, 3.8) is 0 Å². The molecule has 3 heterocycles. The molecule has 0 radical (unpaired) electrons. The Morgan fingerprint density at radius 2 is 2.00 bits per heavy atom. The summed E-state index contributed by atoms with van der Waals surface area (Å²) >= 11 is 0. The fraction of sp³-hybridized carbons (Fsp3) is 0.542. The first-order chi connectivity index (χ1) is 16.5. The Morgan fingerprint density at radius 1 is 1.26 bits per heavy atom. The van der Waals surface area contributed by atoms with E-state index in [-0.39, 0.29) is 37.6 Å². The first-order valence-corrected chi connectivity index (χ1v) is 15.6. The molecule has 1 N–H and O–H groups in total. The van der Waals surface area contributed by atoms with Crippen molar-refractivity contribution in [2.45, 2.75) is 58.0 Å². The molecule has 11 heteroatoms. The molecule has 0 aliphatic carbocycles. The quantitative estimate of drug-likeness (QED) is 0.412. The van der Waals surface area contributed by atoms with Gasteiger partial charge in [0.2, 0.25) is 5.91 Å². The zero-order chi connectivity index (χ0) is 25.3. The van der Waals surface area contributed by atoms with Crippen molar-refractivity contribution in [1.82, 2.24) is 14.7 Å². The number of carboxylic acid groups (broad SMARTS) is 1. The number of hydrogen-bond acceptors (Lipinski definition) is 5. The lowest BCUT2D eigenvalue weighted by Gasteiger charge is -2.36. The van der Waals surface area contributed by atoms with E-state index in [2.05, 4.69) is 24.7 Å². The number of halogens is 1. The highest BCUT2D eigenvalue weighted by molar-refractivity contribution is 6.76. The summed E-state index contributed by atoms with van der Waals surface area (Å²) in [5.74, 6) is -0.414. The third-order valence-corrected chi connectivity index (χ3v) is 8.15. The van der Waals surface area contributed by atoms with Gasteiger partial charge in [-0.25, -0.2) is 13.9 Å². The van der Waals surface area contributed by atoms with Crippen LogP contribution in [0.25, 0.3) is 11.3 Å². The molecule has 1 aromatic heterocycles. The molecule has 1 saturated heterocycles. The smallest absolute Gasteiger partial charge is 0.407 e. The molecule has 2 amide bonds. The Labute approximate surface area is 205 Å². The minimum absolute atomic E-state index is 0.0330. The van der Waals surface area contributed by atoms with Gasteiger partial charge in [0.25, 0.3) is 0 Å². The van der Waals surface area contributed by atoms with E-state index in [1.165, 1.54) is 9.80 Å². The number of anilines is 1. The highest BCUT2D eigenvalue weighted by Gasteiger charge is 2.32. The number of carbonyl (C=O) groups excluding carboxylic acids is 1. The van der Waals surface area contributed by atoms with Crippen LogP contribution in [0.2, 0.25) is 25.7 Å². The number of rotatable bonds is 9. The van der Waals surface area contributed by atoms with Crippen LogP contribution in [0.3, 0.4) is 0 Å². The van der Waals surface area contributed by atoms with Crippen molar-refractivity contribution in [3.8, 4) is 11.3 Å². The SMILES string of the molecule is CN1C(=O)CCc2c1ccc(-c1nn(COCC[Si](C)(C)C)cc1COC1CN(C(=O)O)C1)c2F. The fourth-order valence-corrected chi connectivity index (χ4v) is 4.94. The number of benzene rings is 1. The summed E-state index contributed by atoms with van der Waals surface area (Å²) < 4.78 is 29.0. The highest BCUT2D eigenvalue weighted by atomic mass is 28.3. The van der Waals surface area contributed by atoms with E-state index in [1.54, 1.807) is 30.1 Å². The van der Waals surface area contributed by atoms with Gasteiger partial charge in [0, 0.05) is 56.7 Å². The van der Waals surface area contributed by atoms with Gasteiger partial charge in [-0.15, -0.1) is 0 Å². The summed E-state index contributed by atoms with van der Waals surface area (Å²) in [5, 5.41) is 13.6. The first kappa shape index (κ1) is 25.3. The van der Waals surface area contributed by atoms with E-state index < -0.39 is 14.2 Å². The lowest BCUT2D eigenvalue weighted by Crippen LogP contribution is -2.54. The molecule has 0 unspecified atom stereocenters. The Balaban J connectivity index is 1.55. The number of likely N-dealkylation sites (tertiary alicyclic amines) is 1. The van der Waals surface area contributed by atoms with E-state index in [0.717, 1.165) is 6.04 Å². The van der Waals surface area contributed by atoms with Crippen molar-refractivity contribution in [1.29, 1.82) is 0 Å². The maximum absolute atomic E-state index is 15.7. The van der Waals surface area contributed by atoms with Gasteiger partial charge in [0.1, 0.15) is 18.2 Å². The summed E-state index contributed by atoms with van der Waals surface area (Å²) in [4.78, 5) is 25.8. The van der Waals surface area contributed by atoms with Gasteiger partial charge in [0.15, 0.2) is 0 Å². The van der Waals surface area contributed by atoms with Crippen LogP contribution in [0.15, 0.2) is 18.3 Å². The molecule has 35 heavy (non-hydrogen) atoms.